The Balaban J connectivity index is 1.77. The largest absolute Gasteiger partial charge is 0.397 e. The van der Waals surface area contributed by atoms with E-state index in [9.17, 15) is 13.2 Å². The van der Waals surface area contributed by atoms with Crippen molar-refractivity contribution < 1.29 is 17.9 Å². The Hall–Kier alpha value is -2.75. The van der Waals surface area contributed by atoms with Crippen molar-refractivity contribution in [1.82, 2.24) is 4.98 Å². The van der Waals surface area contributed by atoms with Crippen LogP contribution in [0.1, 0.15) is 10.5 Å². The van der Waals surface area contributed by atoms with Crippen molar-refractivity contribution in [3.63, 3.8) is 0 Å². The van der Waals surface area contributed by atoms with Crippen molar-refractivity contribution in [2.75, 3.05) is 30.5 Å². The summed E-state index contributed by atoms with van der Waals surface area (Å²) in [6.07, 6.45) is 1.17. The molecule has 0 aliphatic rings. The molecule has 9 heteroatoms. The molecule has 0 unspecified atom stereocenters. The van der Waals surface area contributed by atoms with E-state index in [1.165, 1.54) is 25.4 Å². The van der Waals surface area contributed by atoms with Crippen molar-refractivity contribution in [1.29, 1.82) is 0 Å². The number of amides is 1. The van der Waals surface area contributed by atoms with Crippen molar-refractivity contribution >= 4 is 38.5 Å². The maximum Gasteiger partial charge on any atom is 0.274 e. The SMILES string of the molecule is COCCS(=O)(=O)c1ccc(C(=O)Nc2cc(-c3cccs3)ccc2N)nc1. The Morgan fingerprint density at radius 2 is 2.07 bits per heavy atom. The highest BCUT2D eigenvalue weighted by Crippen LogP contribution is 2.30. The van der Waals surface area contributed by atoms with E-state index in [1.807, 2.05) is 23.6 Å². The predicted octanol–water partition coefficient (Wildman–Crippen LogP) is 3.06. The average molecular weight is 418 g/mol. The van der Waals surface area contributed by atoms with Crippen LogP contribution in [-0.4, -0.2) is 38.8 Å². The lowest BCUT2D eigenvalue weighted by Gasteiger charge is -2.10. The molecule has 1 aromatic carbocycles. The number of hydrogen-bond donors (Lipinski definition) is 2. The number of nitrogens with zero attached hydrogens (tertiary/aromatic N) is 1. The summed E-state index contributed by atoms with van der Waals surface area (Å²) in [7, 11) is -2.07. The van der Waals surface area contributed by atoms with Crippen molar-refractivity contribution in [3.8, 4) is 10.4 Å². The average Bonchev–Trinajstić information content (AvgIpc) is 3.23. The van der Waals surface area contributed by atoms with Crippen LogP contribution in [0.5, 0.6) is 0 Å². The van der Waals surface area contributed by atoms with Gasteiger partial charge in [-0.3, -0.25) is 4.79 Å². The van der Waals surface area contributed by atoms with Gasteiger partial charge >= 0.3 is 0 Å². The lowest BCUT2D eigenvalue weighted by molar-refractivity contribution is 0.102. The molecule has 0 aliphatic carbocycles. The van der Waals surface area contributed by atoms with Gasteiger partial charge in [0.2, 0.25) is 0 Å². The predicted molar refractivity (Wildman–Crippen MR) is 110 cm³/mol. The highest BCUT2D eigenvalue weighted by molar-refractivity contribution is 7.91. The lowest BCUT2D eigenvalue weighted by atomic mass is 10.1. The Morgan fingerprint density at radius 1 is 1.25 bits per heavy atom. The molecule has 0 saturated carbocycles. The summed E-state index contributed by atoms with van der Waals surface area (Å²) in [5.74, 6) is -0.626. The summed E-state index contributed by atoms with van der Waals surface area (Å²) < 4.78 is 29.0. The summed E-state index contributed by atoms with van der Waals surface area (Å²) in [6.45, 7) is 0.0877. The zero-order chi connectivity index (χ0) is 20.1. The fourth-order valence-electron chi connectivity index (χ4n) is 2.46. The topological polar surface area (TPSA) is 111 Å². The third-order valence-corrected chi connectivity index (χ3v) is 6.57. The number of pyridine rings is 1. The van der Waals surface area contributed by atoms with Gasteiger partial charge in [-0.15, -0.1) is 11.3 Å². The van der Waals surface area contributed by atoms with E-state index >= 15 is 0 Å². The second-order valence-corrected chi connectivity index (χ2v) is 8.98. The van der Waals surface area contributed by atoms with Gasteiger partial charge in [-0.1, -0.05) is 12.1 Å². The number of nitrogens with one attached hydrogen (secondary N) is 1. The number of carbonyl (C=O) groups excluding carboxylic acids is 1. The molecule has 2 heterocycles. The van der Waals surface area contributed by atoms with Crippen molar-refractivity contribution in [2.24, 2.45) is 0 Å². The number of hydrogen-bond acceptors (Lipinski definition) is 7. The van der Waals surface area contributed by atoms with Crippen LogP contribution in [-0.2, 0) is 14.6 Å². The molecule has 1 amide bonds. The molecule has 2 aromatic heterocycles. The number of methoxy groups -OCH3 is 1. The molecule has 3 rings (SSSR count). The number of sulfone groups is 1. The minimum absolute atomic E-state index is 0.0420. The molecule has 28 heavy (non-hydrogen) atoms. The highest BCUT2D eigenvalue weighted by atomic mass is 32.2. The summed E-state index contributed by atoms with van der Waals surface area (Å²) >= 11 is 1.58. The molecule has 0 spiro atoms. The Labute approximate surface area is 167 Å². The van der Waals surface area contributed by atoms with E-state index in [-0.39, 0.29) is 22.9 Å². The third-order valence-electron chi connectivity index (χ3n) is 3.99. The molecule has 0 aliphatic heterocycles. The number of nitrogen functional groups attached to an aromatic ring is 1. The highest BCUT2D eigenvalue weighted by Gasteiger charge is 2.17. The number of benzene rings is 1. The first-order valence-corrected chi connectivity index (χ1v) is 10.9. The molecule has 146 valence electrons. The number of nitrogens with two attached hydrogens (primary N) is 1. The molecule has 3 N–H and O–H groups in total. The van der Waals surface area contributed by atoms with Crippen LogP contribution in [0.4, 0.5) is 11.4 Å². The van der Waals surface area contributed by atoms with Crippen molar-refractivity contribution in [2.45, 2.75) is 4.90 Å². The normalized spacial score (nSPS) is 11.3. The smallest absolute Gasteiger partial charge is 0.274 e. The molecule has 7 nitrogen and oxygen atoms in total. The van der Waals surface area contributed by atoms with Gasteiger partial charge < -0.3 is 15.8 Å². The number of ether oxygens (including phenoxy) is 1. The molecule has 0 bridgehead atoms. The summed E-state index contributed by atoms with van der Waals surface area (Å²) in [5, 5.41) is 4.70. The minimum Gasteiger partial charge on any atom is -0.397 e. The van der Waals surface area contributed by atoms with Gasteiger partial charge in [0.05, 0.1) is 28.6 Å². The van der Waals surface area contributed by atoms with E-state index in [0.717, 1.165) is 10.4 Å². The monoisotopic (exact) mass is 417 g/mol. The minimum atomic E-state index is -3.50. The molecular weight excluding hydrogens is 398 g/mol. The third kappa shape index (κ3) is 4.56. The van der Waals surface area contributed by atoms with Crippen LogP contribution in [0.2, 0.25) is 0 Å². The fraction of sp³-hybridized carbons (Fsp3) is 0.158. The Kier molecular flexibility index (Phi) is 6.08. The molecule has 0 fully saturated rings. The number of rotatable bonds is 7. The van der Waals surface area contributed by atoms with E-state index in [2.05, 4.69) is 10.3 Å². The van der Waals surface area contributed by atoms with Gasteiger partial charge in [0.1, 0.15) is 5.69 Å². The lowest BCUT2D eigenvalue weighted by Crippen LogP contribution is -2.16. The summed E-state index contributed by atoms with van der Waals surface area (Å²) in [5.41, 5.74) is 7.89. The number of carbonyl (C=O) groups is 1. The summed E-state index contributed by atoms with van der Waals surface area (Å²) in [6, 6.07) is 12.1. The molecule has 0 saturated heterocycles. The van der Waals surface area contributed by atoms with E-state index in [0.29, 0.717) is 11.4 Å². The summed E-state index contributed by atoms with van der Waals surface area (Å²) in [4.78, 5) is 17.6. The van der Waals surface area contributed by atoms with Gasteiger partial charge in [0, 0.05) is 18.2 Å². The van der Waals surface area contributed by atoms with Gasteiger partial charge in [-0.05, 0) is 41.3 Å². The number of thiophene rings is 1. The first-order chi connectivity index (χ1) is 13.4. The van der Waals surface area contributed by atoms with Crippen LogP contribution in [0.15, 0.2) is 58.9 Å². The quantitative estimate of drug-likeness (QED) is 0.572. The van der Waals surface area contributed by atoms with Gasteiger partial charge in [0.15, 0.2) is 9.84 Å². The Morgan fingerprint density at radius 3 is 2.71 bits per heavy atom. The molecule has 0 radical (unpaired) electrons. The fourth-order valence-corrected chi connectivity index (χ4v) is 4.29. The zero-order valence-electron chi connectivity index (χ0n) is 15.1. The Bertz CT molecular complexity index is 1060. The maximum absolute atomic E-state index is 12.5. The first kappa shape index (κ1) is 20.0. The van der Waals surface area contributed by atoms with Crippen LogP contribution in [0.3, 0.4) is 0 Å². The maximum atomic E-state index is 12.5. The van der Waals surface area contributed by atoms with Crippen molar-refractivity contribution in [3.05, 3.63) is 59.7 Å². The number of aromatic nitrogens is 1. The first-order valence-electron chi connectivity index (χ1n) is 8.33. The van der Waals surface area contributed by atoms with Crippen LogP contribution in [0.25, 0.3) is 10.4 Å². The molecule has 3 aromatic rings. The van der Waals surface area contributed by atoms with Gasteiger partial charge in [-0.2, -0.15) is 0 Å². The second-order valence-electron chi connectivity index (χ2n) is 5.92. The zero-order valence-corrected chi connectivity index (χ0v) is 16.7. The van der Waals surface area contributed by atoms with Crippen LogP contribution >= 0.6 is 11.3 Å². The van der Waals surface area contributed by atoms with E-state index in [1.54, 1.807) is 23.5 Å². The van der Waals surface area contributed by atoms with Crippen LogP contribution in [0, 0.1) is 0 Å². The standard InChI is InChI=1S/C19H19N3O4S2/c1-26-8-10-28(24,25)14-5-7-16(21-12-14)19(23)22-17-11-13(4-6-15(17)20)18-3-2-9-27-18/h2-7,9,11-12H,8,10,20H2,1H3,(H,22,23). The van der Waals surface area contributed by atoms with Gasteiger partial charge in [-0.25, -0.2) is 13.4 Å². The molecule has 0 atom stereocenters. The second kappa shape index (κ2) is 8.51. The van der Waals surface area contributed by atoms with E-state index in [4.69, 9.17) is 10.5 Å². The van der Waals surface area contributed by atoms with Crippen LogP contribution < -0.4 is 11.1 Å². The van der Waals surface area contributed by atoms with E-state index < -0.39 is 15.7 Å². The number of anilines is 2. The van der Waals surface area contributed by atoms with Gasteiger partial charge in [0.25, 0.3) is 5.91 Å². The molecular formula is C19H19N3O4S2.